The zero-order valence-corrected chi connectivity index (χ0v) is 11.3. The monoisotopic (exact) mass is 269 g/mol. The van der Waals surface area contributed by atoms with Crippen molar-refractivity contribution in [1.82, 2.24) is 15.0 Å². The second kappa shape index (κ2) is 5.98. The van der Waals surface area contributed by atoms with Crippen LogP contribution in [-0.4, -0.2) is 66.1 Å². The molecule has 19 heavy (non-hydrogen) atoms. The number of nitrogens with one attached hydrogen (secondary N) is 1. The lowest BCUT2D eigenvalue weighted by atomic mass is 10.2. The topological polar surface area (TPSA) is 92.6 Å². The molecule has 1 fully saturated rings. The minimum absolute atomic E-state index is 0.0235. The quantitative estimate of drug-likeness (QED) is 0.756. The SMILES string of the molecule is CNc1nc(OC)nc(N2CC(CO)OCC2C)n1. The fourth-order valence-corrected chi connectivity index (χ4v) is 1.88. The Kier molecular flexibility index (Phi) is 4.33. The van der Waals surface area contributed by atoms with Crippen molar-refractivity contribution in [3.63, 3.8) is 0 Å². The lowest BCUT2D eigenvalue weighted by Gasteiger charge is -2.37. The van der Waals surface area contributed by atoms with Crippen LogP contribution in [0.15, 0.2) is 0 Å². The molecule has 2 unspecified atom stereocenters. The van der Waals surface area contributed by atoms with Crippen molar-refractivity contribution in [2.75, 3.05) is 44.1 Å². The Balaban J connectivity index is 2.27. The normalized spacial score (nSPS) is 23.3. The third kappa shape index (κ3) is 3.02. The van der Waals surface area contributed by atoms with Crippen LogP contribution in [0.3, 0.4) is 0 Å². The van der Waals surface area contributed by atoms with E-state index in [-0.39, 0.29) is 24.8 Å². The Hall–Kier alpha value is -1.67. The maximum atomic E-state index is 9.20. The Morgan fingerprint density at radius 3 is 2.89 bits per heavy atom. The Morgan fingerprint density at radius 1 is 1.47 bits per heavy atom. The average molecular weight is 269 g/mol. The number of rotatable bonds is 4. The molecule has 1 aliphatic heterocycles. The van der Waals surface area contributed by atoms with Gasteiger partial charge in [-0.25, -0.2) is 0 Å². The van der Waals surface area contributed by atoms with Crippen LogP contribution >= 0.6 is 0 Å². The van der Waals surface area contributed by atoms with E-state index >= 15 is 0 Å². The number of hydrogen-bond donors (Lipinski definition) is 2. The molecule has 1 saturated heterocycles. The van der Waals surface area contributed by atoms with Crippen molar-refractivity contribution in [3.8, 4) is 6.01 Å². The fourth-order valence-electron chi connectivity index (χ4n) is 1.88. The summed E-state index contributed by atoms with van der Waals surface area (Å²) in [4.78, 5) is 14.6. The number of anilines is 2. The van der Waals surface area contributed by atoms with Gasteiger partial charge in [0.25, 0.3) is 0 Å². The number of morpholine rings is 1. The molecule has 2 heterocycles. The van der Waals surface area contributed by atoms with Gasteiger partial charge in [0.1, 0.15) is 0 Å². The van der Waals surface area contributed by atoms with Gasteiger partial charge in [0.15, 0.2) is 0 Å². The molecule has 1 aromatic rings. The predicted molar refractivity (Wildman–Crippen MR) is 69.6 cm³/mol. The van der Waals surface area contributed by atoms with E-state index in [1.807, 2.05) is 11.8 Å². The summed E-state index contributed by atoms with van der Waals surface area (Å²) in [6.07, 6.45) is -0.225. The standard InChI is InChI=1S/C11H19N5O3/c1-7-6-19-8(5-17)4-16(7)10-13-9(12-2)14-11(15-10)18-3/h7-8,17H,4-6H2,1-3H3,(H,12,13,14,15). The fraction of sp³-hybridized carbons (Fsp3) is 0.727. The first kappa shape index (κ1) is 13.8. The van der Waals surface area contributed by atoms with Gasteiger partial charge in [0.05, 0.1) is 32.5 Å². The number of aliphatic hydroxyl groups is 1. The molecule has 2 atom stereocenters. The molecule has 0 spiro atoms. The van der Waals surface area contributed by atoms with Gasteiger partial charge in [-0.1, -0.05) is 0 Å². The largest absolute Gasteiger partial charge is 0.467 e. The molecule has 0 aromatic carbocycles. The van der Waals surface area contributed by atoms with Gasteiger partial charge < -0.3 is 24.8 Å². The zero-order valence-electron chi connectivity index (χ0n) is 11.3. The predicted octanol–water partition coefficient (Wildman–Crippen LogP) is -0.492. The molecule has 1 aromatic heterocycles. The highest BCUT2D eigenvalue weighted by Crippen LogP contribution is 2.20. The summed E-state index contributed by atoms with van der Waals surface area (Å²) >= 11 is 0. The molecule has 8 nitrogen and oxygen atoms in total. The van der Waals surface area contributed by atoms with Crippen molar-refractivity contribution in [2.45, 2.75) is 19.1 Å². The van der Waals surface area contributed by atoms with Gasteiger partial charge in [-0.15, -0.1) is 0 Å². The van der Waals surface area contributed by atoms with E-state index < -0.39 is 0 Å². The highest BCUT2D eigenvalue weighted by atomic mass is 16.5. The van der Waals surface area contributed by atoms with Crippen molar-refractivity contribution in [1.29, 1.82) is 0 Å². The highest BCUT2D eigenvalue weighted by molar-refractivity contribution is 5.39. The van der Waals surface area contributed by atoms with Crippen LogP contribution in [0.25, 0.3) is 0 Å². The maximum absolute atomic E-state index is 9.20. The molecule has 1 aliphatic rings. The van der Waals surface area contributed by atoms with Crippen LogP contribution in [0.1, 0.15) is 6.92 Å². The first-order chi connectivity index (χ1) is 9.17. The molecule has 2 N–H and O–H groups in total. The molecule has 0 saturated carbocycles. The van der Waals surface area contributed by atoms with Crippen molar-refractivity contribution < 1.29 is 14.6 Å². The second-order valence-corrected chi connectivity index (χ2v) is 4.34. The van der Waals surface area contributed by atoms with E-state index in [9.17, 15) is 5.11 Å². The summed E-state index contributed by atoms with van der Waals surface area (Å²) in [7, 11) is 3.25. The van der Waals surface area contributed by atoms with Gasteiger partial charge >= 0.3 is 6.01 Å². The number of methoxy groups -OCH3 is 1. The van der Waals surface area contributed by atoms with Gasteiger partial charge in [0.2, 0.25) is 11.9 Å². The Bertz CT molecular complexity index is 409. The Morgan fingerprint density at radius 2 is 2.26 bits per heavy atom. The second-order valence-electron chi connectivity index (χ2n) is 4.34. The van der Waals surface area contributed by atoms with Crippen molar-refractivity contribution >= 4 is 11.9 Å². The average Bonchev–Trinajstić information content (AvgIpc) is 2.47. The molecule has 0 aliphatic carbocycles. The van der Waals surface area contributed by atoms with E-state index in [2.05, 4.69) is 20.3 Å². The van der Waals surface area contributed by atoms with E-state index in [1.165, 1.54) is 7.11 Å². The van der Waals surface area contributed by atoms with Gasteiger partial charge in [-0.2, -0.15) is 15.0 Å². The molecule has 0 amide bonds. The molecule has 0 radical (unpaired) electrons. The molecular formula is C11H19N5O3. The van der Waals surface area contributed by atoms with Gasteiger partial charge in [-0.3, -0.25) is 0 Å². The van der Waals surface area contributed by atoms with Crippen LogP contribution in [0.5, 0.6) is 6.01 Å². The lowest BCUT2D eigenvalue weighted by molar-refractivity contribution is -0.0108. The number of hydrogen-bond acceptors (Lipinski definition) is 8. The third-order valence-electron chi connectivity index (χ3n) is 2.98. The van der Waals surface area contributed by atoms with E-state index in [0.717, 1.165) is 0 Å². The molecular weight excluding hydrogens is 250 g/mol. The Labute approximate surface area is 111 Å². The third-order valence-corrected chi connectivity index (χ3v) is 2.98. The van der Waals surface area contributed by atoms with Crippen LogP contribution in [0.2, 0.25) is 0 Å². The summed E-state index contributed by atoms with van der Waals surface area (Å²) in [5.41, 5.74) is 0. The summed E-state index contributed by atoms with van der Waals surface area (Å²) in [5, 5.41) is 12.1. The summed E-state index contributed by atoms with van der Waals surface area (Å²) in [6.45, 7) is 3.05. The molecule has 106 valence electrons. The van der Waals surface area contributed by atoms with Crippen LogP contribution < -0.4 is 15.0 Å². The minimum Gasteiger partial charge on any atom is -0.467 e. The van der Waals surface area contributed by atoms with E-state index in [0.29, 0.717) is 25.0 Å². The molecule has 0 bridgehead atoms. The zero-order chi connectivity index (χ0) is 13.8. The minimum atomic E-state index is -0.225. The van der Waals surface area contributed by atoms with Crippen molar-refractivity contribution in [3.05, 3.63) is 0 Å². The van der Waals surface area contributed by atoms with Crippen LogP contribution in [0.4, 0.5) is 11.9 Å². The number of aliphatic hydroxyl groups excluding tert-OH is 1. The molecule has 8 heteroatoms. The highest BCUT2D eigenvalue weighted by Gasteiger charge is 2.28. The maximum Gasteiger partial charge on any atom is 0.322 e. The molecule has 2 rings (SSSR count). The van der Waals surface area contributed by atoms with Crippen LogP contribution in [0, 0.1) is 0 Å². The van der Waals surface area contributed by atoms with Crippen LogP contribution in [-0.2, 0) is 4.74 Å². The van der Waals surface area contributed by atoms with Gasteiger partial charge in [0, 0.05) is 13.6 Å². The summed E-state index contributed by atoms with van der Waals surface area (Å²) < 4.78 is 10.6. The number of aromatic nitrogens is 3. The smallest absolute Gasteiger partial charge is 0.322 e. The first-order valence-corrected chi connectivity index (χ1v) is 6.14. The summed E-state index contributed by atoms with van der Waals surface area (Å²) in [6, 6.07) is 0.383. The lowest BCUT2D eigenvalue weighted by Crippen LogP contribution is -2.50. The number of nitrogens with zero attached hydrogens (tertiary/aromatic N) is 4. The van der Waals surface area contributed by atoms with E-state index in [4.69, 9.17) is 9.47 Å². The summed E-state index contributed by atoms with van der Waals surface area (Å²) in [5.74, 6) is 0.964. The van der Waals surface area contributed by atoms with Crippen molar-refractivity contribution in [2.24, 2.45) is 0 Å². The van der Waals surface area contributed by atoms with Gasteiger partial charge in [-0.05, 0) is 6.92 Å². The first-order valence-electron chi connectivity index (χ1n) is 6.14. The number of ether oxygens (including phenoxy) is 2. The van der Waals surface area contributed by atoms with E-state index in [1.54, 1.807) is 7.05 Å².